The second-order valence-corrected chi connectivity index (χ2v) is 3.39. The zero-order chi connectivity index (χ0) is 9.19. The first-order valence-electron chi connectivity index (χ1n) is 3.73. The van der Waals surface area contributed by atoms with Crippen molar-refractivity contribution in [2.45, 2.75) is 20.4 Å². The number of carbonyl (C=O) groups is 1. The molecule has 4 heteroatoms. The second-order valence-electron chi connectivity index (χ2n) is 3.39. The Labute approximate surface area is 70.8 Å². The van der Waals surface area contributed by atoms with Crippen molar-refractivity contribution in [2.75, 3.05) is 0 Å². The van der Waals surface area contributed by atoms with Gasteiger partial charge in [-0.15, -0.1) is 0 Å². The van der Waals surface area contributed by atoms with Crippen molar-refractivity contribution in [1.29, 1.82) is 0 Å². The molecule has 1 N–H and O–H groups in total. The number of carboxylic acid groups (broad SMARTS) is 1. The van der Waals surface area contributed by atoms with Crippen LogP contribution < -0.4 is 0 Å². The van der Waals surface area contributed by atoms with Crippen molar-refractivity contribution in [1.82, 2.24) is 9.78 Å². The van der Waals surface area contributed by atoms with E-state index in [9.17, 15) is 4.79 Å². The Bertz CT molecular complexity index is 265. The van der Waals surface area contributed by atoms with Gasteiger partial charge in [0, 0.05) is 12.4 Å². The lowest BCUT2D eigenvalue weighted by Gasteiger charge is -2.18. The molecule has 0 unspecified atom stereocenters. The van der Waals surface area contributed by atoms with Crippen LogP contribution in [-0.4, -0.2) is 20.9 Å². The molecule has 0 aliphatic rings. The van der Waals surface area contributed by atoms with Gasteiger partial charge in [0.05, 0.1) is 12.0 Å². The summed E-state index contributed by atoms with van der Waals surface area (Å²) in [6, 6.07) is 1.78. The molecule has 1 heterocycles. The summed E-state index contributed by atoms with van der Waals surface area (Å²) in [5, 5.41) is 12.7. The SMILES string of the molecule is CC(C)(Cn1cccn1)C(=O)O. The molecule has 12 heavy (non-hydrogen) atoms. The van der Waals surface area contributed by atoms with Crippen LogP contribution in [0.25, 0.3) is 0 Å². The van der Waals surface area contributed by atoms with E-state index in [1.165, 1.54) is 0 Å². The highest BCUT2D eigenvalue weighted by Gasteiger charge is 2.27. The van der Waals surface area contributed by atoms with E-state index in [0.29, 0.717) is 6.54 Å². The number of nitrogens with zero attached hydrogens (tertiary/aromatic N) is 2. The molecular weight excluding hydrogens is 156 g/mol. The van der Waals surface area contributed by atoms with Crippen LogP contribution in [0.3, 0.4) is 0 Å². The molecule has 0 aliphatic carbocycles. The van der Waals surface area contributed by atoms with Crippen molar-refractivity contribution >= 4 is 5.97 Å². The smallest absolute Gasteiger partial charge is 0.310 e. The highest BCUT2D eigenvalue weighted by atomic mass is 16.4. The molecule has 0 fully saturated rings. The van der Waals surface area contributed by atoms with Gasteiger partial charge >= 0.3 is 5.97 Å². The van der Waals surface area contributed by atoms with E-state index in [1.807, 2.05) is 0 Å². The van der Waals surface area contributed by atoms with Gasteiger partial charge in [0.15, 0.2) is 0 Å². The van der Waals surface area contributed by atoms with Crippen molar-refractivity contribution in [3.8, 4) is 0 Å². The van der Waals surface area contributed by atoms with Crippen LogP contribution in [0.4, 0.5) is 0 Å². The highest BCUT2D eigenvalue weighted by Crippen LogP contribution is 2.17. The zero-order valence-electron chi connectivity index (χ0n) is 7.19. The number of hydrogen-bond acceptors (Lipinski definition) is 2. The summed E-state index contributed by atoms with van der Waals surface area (Å²) in [5.74, 6) is -0.807. The molecule has 1 aromatic rings. The molecule has 0 saturated heterocycles. The minimum Gasteiger partial charge on any atom is -0.481 e. The minimum atomic E-state index is -0.807. The summed E-state index contributed by atoms with van der Waals surface area (Å²) in [6.45, 7) is 3.75. The summed E-state index contributed by atoms with van der Waals surface area (Å²) in [7, 11) is 0. The number of rotatable bonds is 3. The number of carboxylic acids is 1. The Morgan fingerprint density at radius 3 is 2.75 bits per heavy atom. The maximum Gasteiger partial charge on any atom is 0.310 e. The van der Waals surface area contributed by atoms with Gasteiger partial charge in [-0.1, -0.05) is 0 Å². The Balaban J connectivity index is 2.69. The second kappa shape index (κ2) is 2.97. The largest absolute Gasteiger partial charge is 0.481 e. The Kier molecular flexibility index (Phi) is 2.17. The van der Waals surface area contributed by atoms with E-state index in [4.69, 9.17) is 5.11 Å². The molecule has 0 amide bonds. The third-order valence-electron chi connectivity index (χ3n) is 1.70. The van der Waals surface area contributed by atoms with Gasteiger partial charge in [-0.05, 0) is 19.9 Å². The summed E-state index contributed by atoms with van der Waals surface area (Å²) in [5.41, 5.74) is -0.758. The quantitative estimate of drug-likeness (QED) is 0.732. The molecule has 4 nitrogen and oxygen atoms in total. The monoisotopic (exact) mass is 168 g/mol. The lowest BCUT2D eigenvalue weighted by Crippen LogP contribution is -2.29. The first-order valence-corrected chi connectivity index (χ1v) is 3.73. The molecule has 1 aromatic heterocycles. The normalized spacial score (nSPS) is 11.5. The maximum atomic E-state index is 10.7. The number of aromatic nitrogens is 2. The predicted octanol–water partition coefficient (Wildman–Crippen LogP) is 0.994. The minimum absolute atomic E-state index is 0.398. The Hall–Kier alpha value is -1.32. The van der Waals surface area contributed by atoms with Crippen LogP contribution in [0.15, 0.2) is 18.5 Å². The van der Waals surface area contributed by atoms with E-state index in [1.54, 1.807) is 37.0 Å². The fraction of sp³-hybridized carbons (Fsp3) is 0.500. The van der Waals surface area contributed by atoms with Crippen molar-refractivity contribution in [3.63, 3.8) is 0 Å². The van der Waals surface area contributed by atoms with E-state index < -0.39 is 11.4 Å². The fourth-order valence-electron chi connectivity index (χ4n) is 0.867. The molecule has 0 aliphatic heterocycles. The van der Waals surface area contributed by atoms with Crippen LogP contribution >= 0.6 is 0 Å². The summed E-state index contributed by atoms with van der Waals surface area (Å²) in [6.07, 6.45) is 3.39. The van der Waals surface area contributed by atoms with Gasteiger partial charge in [0.2, 0.25) is 0 Å². The van der Waals surface area contributed by atoms with Gasteiger partial charge in [0.1, 0.15) is 0 Å². The molecule has 1 rings (SSSR count). The van der Waals surface area contributed by atoms with Crippen LogP contribution in [0.1, 0.15) is 13.8 Å². The Morgan fingerprint density at radius 1 is 1.67 bits per heavy atom. The van der Waals surface area contributed by atoms with Crippen LogP contribution in [-0.2, 0) is 11.3 Å². The molecular formula is C8H12N2O2. The van der Waals surface area contributed by atoms with Crippen LogP contribution in [0, 0.1) is 5.41 Å². The van der Waals surface area contributed by atoms with Gasteiger partial charge in [-0.25, -0.2) is 0 Å². The molecule has 0 radical (unpaired) electrons. The van der Waals surface area contributed by atoms with E-state index >= 15 is 0 Å². The molecule has 0 bridgehead atoms. The fourth-order valence-corrected chi connectivity index (χ4v) is 0.867. The van der Waals surface area contributed by atoms with Crippen LogP contribution in [0.5, 0.6) is 0 Å². The van der Waals surface area contributed by atoms with Crippen molar-refractivity contribution in [3.05, 3.63) is 18.5 Å². The third-order valence-corrected chi connectivity index (χ3v) is 1.70. The molecule has 0 aromatic carbocycles. The van der Waals surface area contributed by atoms with E-state index in [2.05, 4.69) is 5.10 Å². The molecule has 0 saturated carbocycles. The van der Waals surface area contributed by atoms with Gasteiger partial charge in [-0.3, -0.25) is 9.48 Å². The molecule has 0 spiro atoms. The average Bonchev–Trinajstić information content (AvgIpc) is 2.38. The molecule has 0 atom stereocenters. The van der Waals surface area contributed by atoms with Gasteiger partial charge < -0.3 is 5.11 Å². The highest BCUT2D eigenvalue weighted by molar-refractivity contribution is 5.73. The standard InChI is InChI=1S/C8H12N2O2/c1-8(2,7(11)12)6-10-5-3-4-9-10/h3-5H,6H2,1-2H3,(H,11,12). The first kappa shape index (κ1) is 8.77. The van der Waals surface area contributed by atoms with E-state index in [0.717, 1.165) is 0 Å². The van der Waals surface area contributed by atoms with Crippen molar-refractivity contribution < 1.29 is 9.90 Å². The van der Waals surface area contributed by atoms with Crippen LogP contribution in [0.2, 0.25) is 0 Å². The lowest BCUT2D eigenvalue weighted by atomic mass is 9.94. The third kappa shape index (κ3) is 1.84. The maximum absolute atomic E-state index is 10.7. The zero-order valence-corrected chi connectivity index (χ0v) is 7.19. The Morgan fingerprint density at radius 2 is 2.33 bits per heavy atom. The average molecular weight is 168 g/mol. The van der Waals surface area contributed by atoms with E-state index in [-0.39, 0.29) is 0 Å². The summed E-state index contributed by atoms with van der Waals surface area (Å²) in [4.78, 5) is 10.7. The first-order chi connectivity index (χ1) is 5.52. The van der Waals surface area contributed by atoms with Gasteiger partial charge in [-0.2, -0.15) is 5.10 Å². The number of aliphatic carboxylic acids is 1. The summed E-state index contributed by atoms with van der Waals surface area (Å²) >= 11 is 0. The molecule has 66 valence electrons. The summed E-state index contributed by atoms with van der Waals surface area (Å²) < 4.78 is 1.62. The van der Waals surface area contributed by atoms with Crippen molar-refractivity contribution in [2.24, 2.45) is 5.41 Å². The topological polar surface area (TPSA) is 55.1 Å². The van der Waals surface area contributed by atoms with Gasteiger partial charge in [0.25, 0.3) is 0 Å². The predicted molar refractivity (Wildman–Crippen MR) is 43.6 cm³/mol. The number of hydrogen-bond donors (Lipinski definition) is 1. The lowest BCUT2D eigenvalue weighted by molar-refractivity contribution is -0.147.